The lowest BCUT2D eigenvalue weighted by Crippen LogP contribution is -2.33. The van der Waals surface area contributed by atoms with E-state index in [2.05, 4.69) is 20.8 Å². The predicted molar refractivity (Wildman–Crippen MR) is 111 cm³/mol. The van der Waals surface area contributed by atoms with Crippen LogP contribution in [-0.4, -0.2) is 37.9 Å². The van der Waals surface area contributed by atoms with E-state index in [1.807, 2.05) is 44.2 Å². The van der Waals surface area contributed by atoms with E-state index in [-0.39, 0.29) is 23.2 Å². The number of amides is 2. The van der Waals surface area contributed by atoms with Gasteiger partial charge in [0.25, 0.3) is 5.91 Å². The average Bonchev–Trinajstić information content (AvgIpc) is 3.09. The van der Waals surface area contributed by atoms with Crippen LogP contribution in [-0.2, 0) is 18.4 Å². The van der Waals surface area contributed by atoms with Gasteiger partial charge in [0.1, 0.15) is 5.15 Å². The normalized spacial score (nSPS) is 10.8. The Bertz CT molecular complexity index is 1050. The van der Waals surface area contributed by atoms with Crippen molar-refractivity contribution in [2.45, 2.75) is 27.3 Å². The first-order valence-electron chi connectivity index (χ1n) is 9.13. The fourth-order valence-corrected chi connectivity index (χ4v) is 3.38. The van der Waals surface area contributed by atoms with Crippen LogP contribution < -0.4 is 10.6 Å². The van der Waals surface area contributed by atoms with Crippen molar-refractivity contribution in [3.8, 4) is 0 Å². The zero-order valence-corrected chi connectivity index (χ0v) is 17.5. The molecule has 0 radical (unpaired) electrons. The number of hydrogen-bond donors (Lipinski definition) is 2. The fourth-order valence-electron chi connectivity index (χ4n) is 3.06. The molecule has 0 aliphatic carbocycles. The molecule has 0 atom stereocenters. The molecule has 9 heteroatoms. The Morgan fingerprint density at radius 3 is 2.38 bits per heavy atom. The summed E-state index contributed by atoms with van der Waals surface area (Å²) in [7, 11) is 1.80. The summed E-state index contributed by atoms with van der Waals surface area (Å²) < 4.78 is 3.26. The van der Waals surface area contributed by atoms with E-state index < -0.39 is 5.91 Å². The molecule has 3 rings (SSSR count). The lowest BCUT2D eigenvalue weighted by Gasteiger charge is -2.08. The molecule has 0 unspecified atom stereocenters. The maximum absolute atomic E-state index is 12.6. The van der Waals surface area contributed by atoms with Gasteiger partial charge in [-0.25, -0.2) is 4.68 Å². The number of anilines is 1. The molecule has 0 spiro atoms. The number of halogens is 1. The lowest BCUT2D eigenvalue weighted by molar-refractivity contribution is -0.115. The average molecular weight is 415 g/mol. The van der Waals surface area contributed by atoms with Crippen LogP contribution in [0.5, 0.6) is 0 Å². The molecule has 2 N–H and O–H groups in total. The second-order valence-corrected chi connectivity index (χ2v) is 7.15. The molecular formula is C20H23ClN6O2. The maximum atomic E-state index is 12.6. The quantitative estimate of drug-likeness (QED) is 0.648. The van der Waals surface area contributed by atoms with Gasteiger partial charge in [-0.15, -0.1) is 0 Å². The van der Waals surface area contributed by atoms with Gasteiger partial charge in [0.05, 0.1) is 41.4 Å². The van der Waals surface area contributed by atoms with Gasteiger partial charge < -0.3 is 10.6 Å². The Kier molecular flexibility index (Phi) is 6.03. The highest BCUT2D eigenvalue weighted by Crippen LogP contribution is 2.21. The topological polar surface area (TPSA) is 93.8 Å². The highest BCUT2D eigenvalue weighted by molar-refractivity contribution is 6.33. The van der Waals surface area contributed by atoms with E-state index >= 15 is 0 Å². The van der Waals surface area contributed by atoms with E-state index in [0.717, 1.165) is 11.3 Å². The van der Waals surface area contributed by atoms with Crippen LogP contribution in [0.3, 0.4) is 0 Å². The summed E-state index contributed by atoms with van der Waals surface area (Å²) in [5, 5.41) is 14.2. The smallest absolute Gasteiger partial charge is 0.256 e. The van der Waals surface area contributed by atoms with Crippen LogP contribution in [0.1, 0.15) is 33.0 Å². The molecule has 2 amide bonds. The molecule has 0 bridgehead atoms. The summed E-state index contributed by atoms with van der Waals surface area (Å²) in [4.78, 5) is 24.9. The Hall–Kier alpha value is -3.13. The maximum Gasteiger partial charge on any atom is 0.256 e. The van der Waals surface area contributed by atoms with Crippen molar-refractivity contribution in [1.29, 1.82) is 0 Å². The lowest BCUT2D eigenvalue weighted by atomic mass is 10.2. The summed E-state index contributed by atoms with van der Waals surface area (Å²) in [5.74, 6) is -0.787. The molecular weight excluding hydrogens is 392 g/mol. The minimum Gasteiger partial charge on any atom is -0.343 e. The Labute approximate surface area is 173 Å². The number of carbonyl (C=O) groups excluding carboxylic acids is 2. The second-order valence-electron chi connectivity index (χ2n) is 6.79. The standard InChI is InChI=1S/C20H23ClN6O2/c1-12-17(19(21)27(25-12)11-15-8-6-5-7-9-15)20(29)22-10-16(28)23-18-13(2)24-26(4)14(18)3/h5-9H,10-11H2,1-4H3,(H,22,29)(H,23,28). The van der Waals surface area contributed by atoms with Crippen molar-refractivity contribution in [3.05, 3.63) is 63.7 Å². The van der Waals surface area contributed by atoms with Gasteiger partial charge in [-0.1, -0.05) is 41.9 Å². The first kappa shape index (κ1) is 20.6. The molecule has 2 aromatic heterocycles. The number of nitrogens with zero attached hydrogens (tertiary/aromatic N) is 4. The second kappa shape index (κ2) is 8.48. The molecule has 0 fully saturated rings. The van der Waals surface area contributed by atoms with Gasteiger partial charge in [0.15, 0.2) is 0 Å². The van der Waals surface area contributed by atoms with Crippen molar-refractivity contribution in [2.75, 3.05) is 11.9 Å². The molecule has 8 nitrogen and oxygen atoms in total. The third kappa shape index (κ3) is 4.48. The number of aryl methyl sites for hydroxylation is 3. The largest absolute Gasteiger partial charge is 0.343 e. The van der Waals surface area contributed by atoms with Crippen molar-refractivity contribution >= 4 is 29.1 Å². The van der Waals surface area contributed by atoms with Gasteiger partial charge >= 0.3 is 0 Å². The number of carbonyl (C=O) groups is 2. The first-order chi connectivity index (χ1) is 13.8. The third-order valence-corrected chi connectivity index (χ3v) is 5.03. The van der Waals surface area contributed by atoms with E-state index in [4.69, 9.17) is 11.6 Å². The number of rotatable bonds is 6. The van der Waals surface area contributed by atoms with Gasteiger partial charge in [-0.3, -0.25) is 14.3 Å². The number of benzene rings is 1. The van der Waals surface area contributed by atoms with Gasteiger partial charge in [-0.05, 0) is 26.3 Å². The Balaban J connectivity index is 1.65. The van der Waals surface area contributed by atoms with Gasteiger partial charge in [0, 0.05) is 7.05 Å². The van der Waals surface area contributed by atoms with Crippen LogP contribution in [0.4, 0.5) is 5.69 Å². The summed E-state index contributed by atoms with van der Waals surface area (Å²) in [6.07, 6.45) is 0. The molecule has 29 heavy (non-hydrogen) atoms. The van der Waals surface area contributed by atoms with Gasteiger partial charge in [-0.2, -0.15) is 10.2 Å². The number of aromatic nitrogens is 4. The van der Waals surface area contributed by atoms with Gasteiger partial charge in [0.2, 0.25) is 5.91 Å². The number of nitrogens with one attached hydrogen (secondary N) is 2. The van der Waals surface area contributed by atoms with Crippen LogP contribution >= 0.6 is 11.6 Å². The Morgan fingerprint density at radius 2 is 1.76 bits per heavy atom. The molecule has 1 aromatic carbocycles. The number of hydrogen-bond acceptors (Lipinski definition) is 4. The van der Waals surface area contributed by atoms with Crippen LogP contribution in [0.2, 0.25) is 5.15 Å². The summed E-state index contributed by atoms with van der Waals surface area (Å²) in [6, 6.07) is 9.70. The fraction of sp³-hybridized carbons (Fsp3) is 0.300. The van der Waals surface area contributed by atoms with Crippen molar-refractivity contribution in [3.63, 3.8) is 0 Å². The van der Waals surface area contributed by atoms with Crippen LogP contribution in [0, 0.1) is 20.8 Å². The molecule has 0 aliphatic rings. The van der Waals surface area contributed by atoms with E-state index in [9.17, 15) is 9.59 Å². The van der Waals surface area contributed by atoms with Crippen LogP contribution in [0.25, 0.3) is 0 Å². The van der Waals surface area contributed by atoms with Crippen molar-refractivity contribution in [1.82, 2.24) is 24.9 Å². The molecule has 0 saturated heterocycles. The summed E-state index contributed by atoms with van der Waals surface area (Å²) in [6.45, 7) is 5.65. The van der Waals surface area contributed by atoms with E-state index in [0.29, 0.717) is 23.6 Å². The van der Waals surface area contributed by atoms with E-state index in [1.54, 1.807) is 23.3 Å². The highest BCUT2D eigenvalue weighted by atomic mass is 35.5. The van der Waals surface area contributed by atoms with Crippen LogP contribution in [0.15, 0.2) is 30.3 Å². The zero-order chi connectivity index (χ0) is 21.1. The summed E-state index contributed by atoms with van der Waals surface area (Å²) in [5.41, 5.74) is 3.99. The molecule has 2 heterocycles. The SMILES string of the molecule is Cc1nn(C)c(C)c1NC(=O)CNC(=O)c1c(C)nn(Cc2ccccc2)c1Cl. The highest BCUT2D eigenvalue weighted by Gasteiger charge is 2.21. The molecule has 152 valence electrons. The van der Waals surface area contributed by atoms with Crippen molar-refractivity contribution < 1.29 is 9.59 Å². The first-order valence-corrected chi connectivity index (χ1v) is 9.50. The van der Waals surface area contributed by atoms with E-state index in [1.165, 1.54) is 0 Å². The summed E-state index contributed by atoms with van der Waals surface area (Å²) >= 11 is 6.39. The minimum atomic E-state index is -0.443. The predicted octanol–water partition coefficient (Wildman–Crippen LogP) is 2.61. The Morgan fingerprint density at radius 1 is 1.07 bits per heavy atom. The molecule has 3 aromatic rings. The third-order valence-electron chi connectivity index (χ3n) is 4.65. The van der Waals surface area contributed by atoms with Crippen molar-refractivity contribution in [2.24, 2.45) is 7.05 Å². The molecule has 0 saturated carbocycles. The molecule has 0 aliphatic heterocycles. The zero-order valence-electron chi connectivity index (χ0n) is 16.8. The minimum absolute atomic E-state index is 0.188. The monoisotopic (exact) mass is 414 g/mol.